The molecule has 23 heavy (non-hydrogen) atoms. The topological polar surface area (TPSA) is 45.7 Å². The van der Waals surface area contributed by atoms with Gasteiger partial charge in [-0.05, 0) is 48.2 Å². The van der Waals surface area contributed by atoms with Crippen LogP contribution in [0.25, 0.3) is 10.4 Å². The first kappa shape index (κ1) is 17.7. The van der Waals surface area contributed by atoms with Gasteiger partial charge in [0.1, 0.15) is 5.75 Å². The third kappa shape index (κ3) is 5.48. The number of aliphatic imine (C=N–C) groups is 1. The molecule has 6 heteroatoms. The number of thiophene rings is 1. The van der Waals surface area contributed by atoms with Gasteiger partial charge in [-0.2, -0.15) is 11.8 Å². The summed E-state index contributed by atoms with van der Waals surface area (Å²) in [5, 5.41) is 6.65. The Morgan fingerprint density at radius 1 is 1.17 bits per heavy atom. The van der Waals surface area contributed by atoms with E-state index in [4.69, 9.17) is 4.74 Å². The summed E-state index contributed by atoms with van der Waals surface area (Å²) in [6, 6.07) is 12.5. The summed E-state index contributed by atoms with van der Waals surface area (Å²) in [6.45, 7) is 1.70. The molecule has 0 radical (unpaired) electrons. The summed E-state index contributed by atoms with van der Waals surface area (Å²) >= 11 is 3.61. The monoisotopic (exact) mass is 349 g/mol. The molecule has 0 aliphatic rings. The summed E-state index contributed by atoms with van der Waals surface area (Å²) < 4.78 is 5.20. The number of ether oxygens (including phenoxy) is 1. The van der Waals surface area contributed by atoms with Gasteiger partial charge < -0.3 is 15.4 Å². The van der Waals surface area contributed by atoms with Crippen molar-refractivity contribution in [1.29, 1.82) is 0 Å². The SMILES string of the molecule is CN=C(NCCSC)NCc1ccc(-c2ccc(OC)cc2)s1. The Kier molecular flexibility index (Phi) is 7.29. The zero-order valence-corrected chi connectivity index (χ0v) is 15.4. The van der Waals surface area contributed by atoms with E-state index in [2.05, 4.69) is 46.1 Å². The van der Waals surface area contributed by atoms with Gasteiger partial charge in [-0.15, -0.1) is 11.3 Å². The van der Waals surface area contributed by atoms with Gasteiger partial charge in [-0.3, -0.25) is 4.99 Å². The van der Waals surface area contributed by atoms with Crippen molar-refractivity contribution in [2.75, 3.05) is 32.7 Å². The Bertz CT molecular complexity index is 623. The highest BCUT2D eigenvalue weighted by Crippen LogP contribution is 2.29. The first-order valence-corrected chi connectivity index (χ1v) is 9.64. The van der Waals surface area contributed by atoms with Crippen LogP contribution in [-0.2, 0) is 6.54 Å². The number of nitrogens with one attached hydrogen (secondary N) is 2. The number of methoxy groups -OCH3 is 1. The van der Waals surface area contributed by atoms with Crippen LogP contribution in [0.5, 0.6) is 5.75 Å². The molecule has 0 aliphatic heterocycles. The summed E-state index contributed by atoms with van der Waals surface area (Å²) in [6.07, 6.45) is 2.10. The van der Waals surface area contributed by atoms with Gasteiger partial charge in [0.15, 0.2) is 5.96 Å². The van der Waals surface area contributed by atoms with Crippen molar-refractivity contribution >= 4 is 29.1 Å². The van der Waals surface area contributed by atoms with Gasteiger partial charge in [-0.25, -0.2) is 0 Å². The lowest BCUT2D eigenvalue weighted by molar-refractivity contribution is 0.415. The van der Waals surface area contributed by atoms with Gasteiger partial charge in [-0.1, -0.05) is 0 Å². The van der Waals surface area contributed by atoms with Gasteiger partial charge in [0.2, 0.25) is 0 Å². The molecule has 0 spiro atoms. The van der Waals surface area contributed by atoms with Crippen LogP contribution in [0.2, 0.25) is 0 Å². The van der Waals surface area contributed by atoms with Crippen LogP contribution in [-0.4, -0.2) is 38.7 Å². The summed E-state index contributed by atoms with van der Waals surface area (Å²) in [5.74, 6) is 2.80. The largest absolute Gasteiger partial charge is 0.497 e. The molecule has 0 atom stereocenters. The molecule has 1 aromatic carbocycles. The average molecular weight is 350 g/mol. The second kappa shape index (κ2) is 9.47. The van der Waals surface area contributed by atoms with Crippen molar-refractivity contribution in [2.24, 2.45) is 4.99 Å². The van der Waals surface area contributed by atoms with Gasteiger partial charge >= 0.3 is 0 Å². The van der Waals surface area contributed by atoms with E-state index in [1.807, 2.05) is 23.9 Å². The minimum absolute atomic E-state index is 0.778. The van der Waals surface area contributed by atoms with Crippen LogP contribution in [0.3, 0.4) is 0 Å². The van der Waals surface area contributed by atoms with Crippen LogP contribution < -0.4 is 15.4 Å². The second-order valence-electron chi connectivity index (χ2n) is 4.84. The van der Waals surface area contributed by atoms with Gasteiger partial charge in [0.25, 0.3) is 0 Å². The Balaban J connectivity index is 1.91. The zero-order chi connectivity index (χ0) is 16.5. The van der Waals surface area contributed by atoms with Crippen LogP contribution in [0.4, 0.5) is 0 Å². The van der Waals surface area contributed by atoms with Crippen molar-refractivity contribution in [2.45, 2.75) is 6.54 Å². The lowest BCUT2D eigenvalue weighted by atomic mass is 10.2. The Morgan fingerprint density at radius 2 is 1.96 bits per heavy atom. The summed E-state index contributed by atoms with van der Waals surface area (Å²) in [7, 11) is 3.48. The number of rotatable bonds is 7. The standard InChI is InChI=1S/C17H23N3OS2/c1-18-17(19-10-11-22-3)20-12-15-8-9-16(23-15)13-4-6-14(21-2)7-5-13/h4-9H,10-12H2,1-3H3,(H2,18,19,20). The predicted octanol–water partition coefficient (Wildman–Crippen LogP) is 3.45. The van der Waals surface area contributed by atoms with E-state index in [-0.39, 0.29) is 0 Å². The Morgan fingerprint density at radius 3 is 2.61 bits per heavy atom. The molecule has 2 N–H and O–H groups in total. The molecule has 124 valence electrons. The van der Waals surface area contributed by atoms with E-state index in [0.717, 1.165) is 30.6 Å². The van der Waals surface area contributed by atoms with E-state index in [0.29, 0.717) is 0 Å². The third-order valence-electron chi connectivity index (χ3n) is 3.29. The summed E-state index contributed by atoms with van der Waals surface area (Å²) in [5.41, 5.74) is 1.21. The fourth-order valence-electron chi connectivity index (χ4n) is 2.05. The maximum atomic E-state index is 5.20. The molecule has 2 aromatic rings. The molecule has 4 nitrogen and oxygen atoms in total. The number of benzene rings is 1. The molecular formula is C17H23N3OS2. The maximum Gasteiger partial charge on any atom is 0.191 e. The van der Waals surface area contributed by atoms with E-state index in [1.165, 1.54) is 15.3 Å². The first-order valence-electron chi connectivity index (χ1n) is 7.43. The predicted molar refractivity (Wildman–Crippen MR) is 103 cm³/mol. The maximum absolute atomic E-state index is 5.20. The minimum atomic E-state index is 0.778. The number of nitrogens with zero attached hydrogens (tertiary/aromatic N) is 1. The fourth-order valence-corrected chi connectivity index (χ4v) is 3.31. The van der Waals surface area contributed by atoms with Crippen LogP contribution >= 0.6 is 23.1 Å². The zero-order valence-electron chi connectivity index (χ0n) is 13.8. The number of hydrogen-bond acceptors (Lipinski definition) is 4. The minimum Gasteiger partial charge on any atom is -0.497 e. The molecule has 0 amide bonds. The number of hydrogen-bond donors (Lipinski definition) is 2. The highest BCUT2D eigenvalue weighted by Gasteiger charge is 2.04. The molecular weight excluding hydrogens is 326 g/mol. The molecule has 1 aromatic heterocycles. The third-order valence-corrected chi connectivity index (χ3v) is 5.04. The number of thioether (sulfide) groups is 1. The average Bonchev–Trinajstić information content (AvgIpc) is 3.07. The highest BCUT2D eigenvalue weighted by atomic mass is 32.2. The highest BCUT2D eigenvalue weighted by molar-refractivity contribution is 7.98. The lowest BCUT2D eigenvalue weighted by Crippen LogP contribution is -2.37. The van der Waals surface area contributed by atoms with Crippen LogP contribution in [0.1, 0.15) is 4.88 Å². The smallest absolute Gasteiger partial charge is 0.191 e. The molecule has 0 saturated heterocycles. The van der Waals surface area contributed by atoms with E-state index in [1.54, 1.807) is 25.5 Å². The second-order valence-corrected chi connectivity index (χ2v) is 6.99. The Labute approximate surface area is 146 Å². The van der Waals surface area contributed by atoms with Crippen molar-refractivity contribution in [1.82, 2.24) is 10.6 Å². The summed E-state index contributed by atoms with van der Waals surface area (Å²) in [4.78, 5) is 6.78. The lowest BCUT2D eigenvalue weighted by Gasteiger charge is -2.10. The van der Waals surface area contributed by atoms with Gasteiger partial charge in [0.05, 0.1) is 13.7 Å². The van der Waals surface area contributed by atoms with Gasteiger partial charge in [0, 0.05) is 29.1 Å². The van der Waals surface area contributed by atoms with Crippen molar-refractivity contribution in [3.8, 4) is 16.2 Å². The van der Waals surface area contributed by atoms with E-state index >= 15 is 0 Å². The molecule has 0 fully saturated rings. The molecule has 0 aliphatic carbocycles. The molecule has 2 rings (SSSR count). The molecule has 0 bridgehead atoms. The fraction of sp³-hybridized carbons (Fsp3) is 0.353. The van der Waals surface area contributed by atoms with Crippen molar-refractivity contribution in [3.05, 3.63) is 41.3 Å². The normalized spacial score (nSPS) is 11.3. The first-order chi connectivity index (χ1) is 11.3. The Hall–Kier alpha value is -1.66. The molecule has 1 heterocycles. The molecule has 0 saturated carbocycles. The van der Waals surface area contributed by atoms with Crippen LogP contribution in [0, 0.1) is 0 Å². The molecule has 0 unspecified atom stereocenters. The van der Waals surface area contributed by atoms with Crippen molar-refractivity contribution < 1.29 is 4.74 Å². The number of guanidine groups is 1. The van der Waals surface area contributed by atoms with E-state index < -0.39 is 0 Å². The van der Waals surface area contributed by atoms with Crippen molar-refractivity contribution in [3.63, 3.8) is 0 Å². The van der Waals surface area contributed by atoms with Crippen LogP contribution in [0.15, 0.2) is 41.4 Å². The van der Waals surface area contributed by atoms with E-state index in [9.17, 15) is 0 Å². The quantitative estimate of drug-likeness (QED) is 0.457.